The lowest BCUT2D eigenvalue weighted by Crippen LogP contribution is -2.20. The van der Waals surface area contributed by atoms with E-state index in [1.165, 1.54) is 6.20 Å². The van der Waals surface area contributed by atoms with Gasteiger partial charge in [0.2, 0.25) is 5.91 Å². The van der Waals surface area contributed by atoms with E-state index in [0.29, 0.717) is 0 Å². The van der Waals surface area contributed by atoms with Crippen LogP contribution in [0.3, 0.4) is 0 Å². The molecule has 0 atom stereocenters. The van der Waals surface area contributed by atoms with Gasteiger partial charge in [0.1, 0.15) is 11.4 Å². The molecule has 1 rings (SSSR count). The van der Waals surface area contributed by atoms with Crippen molar-refractivity contribution in [1.82, 2.24) is 9.59 Å². The van der Waals surface area contributed by atoms with Gasteiger partial charge in [-0.3, -0.25) is 4.79 Å². The number of anilines is 1. The molecule has 1 aromatic heterocycles. The van der Waals surface area contributed by atoms with Gasteiger partial charge in [-0.15, -0.1) is 5.10 Å². The van der Waals surface area contributed by atoms with Crippen LogP contribution in [-0.4, -0.2) is 21.7 Å². The van der Waals surface area contributed by atoms with Crippen molar-refractivity contribution in [3.05, 3.63) is 6.20 Å². The molecule has 4 nitrogen and oxygen atoms in total. The molecular formula is C5H4F3N3OS. The second-order valence-corrected chi connectivity index (χ2v) is 2.91. The van der Waals surface area contributed by atoms with Crippen LogP contribution < -0.4 is 5.32 Å². The molecule has 0 aliphatic rings. The fourth-order valence-electron chi connectivity index (χ4n) is 0.586. The zero-order valence-electron chi connectivity index (χ0n) is 6.13. The van der Waals surface area contributed by atoms with E-state index in [4.69, 9.17) is 0 Å². The predicted octanol–water partition coefficient (Wildman–Crippen LogP) is 1.43. The lowest BCUT2D eigenvalue weighted by atomic mass is 10.4. The van der Waals surface area contributed by atoms with E-state index in [9.17, 15) is 18.0 Å². The third kappa shape index (κ3) is 3.83. The molecule has 0 spiro atoms. The van der Waals surface area contributed by atoms with Crippen LogP contribution in [0.25, 0.3) is 0 Å². The summed E-state index contributed by atoms with van der Waals surface area (Å²) < 4.78 is 38.3. The van der Waals surface area contributed by atoms with Crippen molar-refractivity contribution in [1.29, 1.82) is 0 Å². The van der Waals surface area contributed by atoms with Crippen LogP contribution >= 0.6 is 11.5 Å². The Morgan fingerprint density at radius 3 is 2.77 bits per heavy atom. The van der Waals surface area contributed by atoms with E-state index >= 15 is 0 Å². The van der Waals surface area contributed by atoms with Crippen molar-refractivity contribution < 1.29 is 18.0 Å². The van der Waals surface area contributed by atoms with Crippen LogP contribution in [0.15, 0.2) is 6.20 Å². The van der Waals surface area contributed by atoms with Crippen molar-refractivity contribution in [2.24, 2.45) is 0 Å². The summed E-state index contributed by atoms with van der Waals surface area (Å²) in [6.45, 7) is 0. The normalized spacial score (nSPS) is 11.3. The number of alkyl halides is 3. The molecule has 8 heteroatoms. The van der Waals surface area contributed by atoms with Crippen LogP contribution in [0, 0.1) is 0 Å². The summed E-state index contributed by atoms with van der Waals surface area (Å²) in [6, 6.07) is 0. The van der Waals surface area contributed by atoms with Gasteiger partial charge in [-0.25, -0.2) is 0 Å². The average molecular weight is 211 g/mol. The Hall–Kier alpha value is -1.18. The fourth-order valence-corrected chi connectivity index (χ4v) is 1.02. The summed E-state index contributed by atoms with van der Waals surface area (Å²) in [5, 5.41) is 5.56. The Bertz CT molecular complexity index is 284. The first-order valence-corrected chi connectivity index (χ1v) is 3.89. The topological polar surface area (TPSA) is 54.9 Å². The molecule has 0 unspecified atom stereocenters. The lowest BCUT2D eigenvalue weighted by molar-refractivity contribution is -0.150. The SMILES string of the molecule is O=C(CC(F)(F)F)Nc1cnns1. The third-order valence-corrected chi connectivity index (χ3v) is 1.57. The Labute approximate surface area is 74.9 Å². The highest BCUT2D eigenvalue weighted by Gasteiger charge is 2.31. The highest BCUT2D eigenvalue weighted by atomic mass is 32.1. The Balaban J connectivity index is 2.43. The Morgan fingerprint density at radius 1 is 1.62 bits per heavy atom. The summed E-state index contributed by atoms with van der Waals surface area (Å²) in [6.07, 6.45) is -4.80. The maximum Gasteiger partial charge on any atom is 0.397 e. The highest BCUT2D eigenvalue weighted by molar-refractivity contribution is 7.10. The van der Waals surface area contributed by atoms with Crippen LogP contribution in [0.5, 0.6) is 0 Å². The van der Waals surface area contributed by atoms with Crippen LogP contribution in [0.2, 0.25) is 0 Å². The Kier molecular flexibility index (Phi) is 2.81. The van der Waals surface area contributed by atoms with Gasteiger partial charge in [-0.2, -0.15) is 13.2 Å². The van der Waals surface area contributed by atoms with Crippen LogP contribution in [-0.2, 0) is 4.79 Å². The van der Waals surface area contributed by atoms with Crippen molar-refractivity contribution in [3.8, 4) is 0 Å². The number of aromatic nitrogens is 2. The number of carbonyl (C=O) groups is 1. The Morgan fingerprint density at radius 2 is 2.31 bits per heavy atom. The van der Waals surface area contributed by atoms with Crippen molar-refractivity contribution in [2.75, 3.05) is 5.32 Å². The average Bonchev–Trinajstić information content (AvgIpc) is 2.34. The highest BCUT2D eigenvalue weighted by Crippen LogP contribution is 2.20. The minimum absolute atomic E-state index is 0.203. The first-order chi connectivity index (χ1) is 5.97. The van der Waals surface area contributed by atoms with Crippen molar-refractivity contribution >= 4 is 22.4 Å². The number of nitrogens with zero attached hydrogens (tertiary/aromatic N) is 2. The first-order valence-electron chi connectivity index (χ1n) is 3.11. The molecule has 1 heterocycles. The molecule has 72 valence electrons. The molecule has 0 fully saturated rings. The van der Waals surface area contributed by atoms with Gasteiger partial charge in [-0.1, -0.05) is 4.49 Å². The maximum atomic E-state index is 11.6. The van der Waals surface area contributed by atoms with E-state index in [1.807, 2.05) is 5.32 Å². The molecule has 0 aliphatic carbocycles. The fraction of sp³-hybridized carbons (Fsp3) is 0.400. The number of hydrogen-bond donors (Lipinski definition) is 1. The molecule has 1 N–H and O–H groups in total. The van der Waals surface area contributed by atoms with E-state index in [2.05, 4.69) is 9.59 Å². The zero-order chi connectivity index (χ0) is 9.90. The van der Waals surface area contributed by atoms with E-state index < -0.39 is 18.5 Å². The summed E-state index contributed by atoms with van der Waals surface area (Å²) in [5.41, 5.74) is 0. The number of halogens is 3. The lowest BCUT2D eigenvalue weighted by Gasteiger charge is -2.04. The van der Waals surface area contributed by atoms with Crippen LogP contribution in [0.1, 0.15) is 6.42 Å². The second-order valence-electron chi connectivity index (χ2n) is 2.12. The minimum atomic E-state index is -4.48. The molecule has 1 amide bonds. The number of amides is 1. The quantitative estimate of drug-likeness (QED) is 0.805. The van der Waals surface area contributed by atoms with Crippen molar-refractivity contribution in [2.45, 2.75) is 12.6 Å². The predicted molar refractivity (Wildman–Crippen MR) is 39.2 cm³/mol. The second kappa shape index (κ2) is 3.69. The van der Waals surface area contributed by atoms with Gasteiger partial charge in [0, 0.05) is 11.5 Å². The van der Waals surface area contributed by atoms with Crippen LogP contribution in [0.4, 0.5) is 18.2 Å². The monoisotopic (exact) mass is 211 g/mol. The zero-order valence-corrected chi connectivity index (χ0v) is 6.95. The summed E-state index contributed by atoms with van der Waals surface area (Å²) in [4.78, 5) is 10.6. The summed E-state index contributed by atoms with van der Waals surface area (Å²) >= 11 is 0.817. The molecule has 0 aliphatic heterocycles. The first kappa shape index (κ1) is 9.90. The molecule has 0 saturated heterocycles. The molecule has 1 aromatic rings. The van der Waals surface area contributed by atoms with Crippen molar-refractivity contribution in [3.63, 3.8) is 0 Å². The summed E-state index contributed by atoms with van der Waals surface area (Å²) in [5.74, 6) is -1.11. The van der Waals surface area contributed by atoms with E-state index in [-0.39, 0.29) is 5.00 Å². The van der Waals surface area contributed by atoms with Gasteiger partial charge in [0.05, 0.1) is 6.20 Å². The van der Waals surface area contributed by atoms with Gasteiger partial charge in [-0.05, 0) is 0 Å². The molecule has 13 heavy (non-hydrogen) atoms. The minimum Gasteiger partial charge on any atom is -0.315 e. The standard InChI is InChI=1S/C5H4F3N3OS/c6-5(7,8)1-3(12)10-4-2-9-11-13-4/h2H,1H2,(H,10,12). The third-order valence-electron chi connectivity index (χ3n) is 0.985. The van der Waals surface area contributed by atoms with Gasteiger partial charge in [0.15, 0.2) is 0 Å². The largest absolute Gasteiger partial charge is 0.397 e. The van der Waals surface area contributed by atoms with Gasteiger partial charge >= 0.3 is 6.18 Å². The number of rotatable bonds is 2. The molecule has 0 bridgehead atoms. The molecule has 0 saturated carbocycles. The van der Waals surface area contributed by atoms with Gasteiger partial charge < -0.3 is 5.32 Å². The number of hydrogen-bond acceptors (Lipinski definition) is 4. The summed E-state index contributed by atoms with van der Waals surface area (Å²) in [7, 11) is 0. The van der Waals surface area contributed by atoms with Gasteiger partial charge in [0.25, 0.3) is 0 Å². The molecular weight excluding hydrogens is 207 g/mol. The number of nitrogens with one attached hydrogen (secondary N) is 1. The smallest absolute Gasteiger partial charge is 0.315 e. The number of carbonyl (C=O) groups excluding carboxylic acids is 1. The maximum absolute atomic E-state index is 11.6. The van der Waals surface area contributed by atoms with E-state index in [1.54, 1.807) is 0 Å². The van der Waals surface area contributed by atoms with E-state index in [0.717, 1.165) is 11.5 Å². The molecule has 0 radical (unpaired) electrons. The molecule has 0 aromatic carbocycles.